The van der Waals surface area contributed by atoms with Gasteiger partial charge in [0.15, 0.2) is 0 Å². The smallest absolute Gasteiger partial charge is 0.0682 e. The first-order chi connectivity index (χ1) is 16.3. The van der Waals surface area contributed by atoms with E-state index in [2.05, 4.69) is 86.6 Å². The Morgan fingerprint density at radius 1 is 0.394 bits per heavy atom. The van der Waals surface area contributed by atoms with Crippen molar-refractivity contribution in [3.05, 3.63) is 101 Å². The van der Waals surface area contributed by atoms with Crippen molar-refractivity contribution in [3.8, 4) is 11.1 Å². The van der Waals surface area contributed by atoms with E-state index < -0.39 is 0 Å². The van der Waals surface area contributed by atoms with E-state index >= 15 is 0 Å². The van der Waals surface area contributed by atoms with Gasteiger partial charge in [-0.05, 0) is 52.8 Å². The van der Waals surface area contributed by atoms with Crippen molar-refractivity contribution in [2.75, 3.05) is 0 Å². The van der Waals surface area contributed by atoms with Crippen molar-refractivity contribution in [1.82, 2.24) is 0 Å². The van der Waals surface area contributed by atoms with Crippen LogP contribution in [0.1, 0.15) is 105 Å². The van der Waals surface area contributed by atoms with Crippen LogP contribution in [0.5, 0.6) is 0 Å². The molecule has 0 saturated heterocycles. The highest BCUT2D eigenvalue weighted by Gasteiger charge is 2.50. The van der Waals surface area contributed by atoms with Gasteiger partial charge in [0.2, 0.25) is 0 Å². The van der Waals surface area contributed by atoms with Crippen molar-refractivity contribution in [2.24, 2.45) is 0 Å². The summed E-state index contributed by atoms with van der Waals surface area (Å²) in [5.41, 5.74) is 11.3. The summed E-state index contributed by atoms with van der Waals surface area (Å²) < 4.78 is 0. The van der Waals surface area contributed by atoms with Crippen LogP contribution in [0, 0.1) is 0 Å². The van der Waals surface area contributed by atoms with Crippen molar-refractivity contribution in [2.45, 2.75) is 88.5 Å². The Balaban J connectivity index is 0.000000916. The van der Waals surface area contributed by atoms with Gasteiger partial charge in [-0.15, -0.1) is 0 Å². The minimum Gasteiger partial charge on any atom is -0.0683 e. The Kier molecular flexibility index (Phi) is 14.1. The fourth-order valence-electron chi connectivity index (χ4n) is 4.75. The molecule has 0 unspecified atom stereocenters. The van der Waals surface area contributed by atoms with E-state index in [1.54, 1.807) is 0 Å². The minimum absolute atomic E-state index is 0.103. The quantitative estimate of drug-likeness (QED) is 0.323. The predicted octanol–water partition coefficient (Wildman–Crippen LogP) is 10.9. The molecular formula is C33H48. The summed E-state index contributed by atoms with van der Waals surface area (Å²) in [6.45, 7) is 24.6. The molecule has 0 bridgehead atoms. The predicted molar refractivity (Wildman–Crippen MR) is 153 cm³/mol. The standard InChI is InChI=1S/C23H18.5C2H6/c1-15-16(2)23(20-12-6-3-9-17(15)20)21-13-7-4-10-18(21)19-11-5-8-14-22(19)23;5*1-2/h3-14H,1-2H3;5*1-2H3. The first-order valence-electron chi connectivity index (χ1n) is 13.2. The molecule has 3 aromatic carbocycles. The van der Waals surface area contributed by atoms with Crippen LogP contribution < -0.4 is 0 Å². The van der Waals surface area contributed by atoms with Crippen molar-refractivity contribution >= 4 is 5.57 Å². The topological polar surface area (TPSA) is 0 Å². The zero-order valence-electron chi connectivity index (χ0n) is 23.4. The van der Waals surface area contributed by atoms with E-state index in [0.29, 0.717) is 0 Å². The highest BCUT2D eigenvalue weighted by atomic mass is 14.5. The fraction of sp³-hybridized carbons (Fsp3) is 0.394. The molecule has 0 aliphatic heterocycles. The Hall–Kier alpha value is -2.60. The average Bonchev–Trinajstić information content (AvgIpc) is 3.36. The molecule has 0 N–H and O–H groups in total. The van der Waals surface area contributed by atoms with Crippen molar-refractivity contribution in [3.63, 3.8) is 0 Å². The summed E-state index contributed by atoms with van der Waals surface area (Å²) in [6.07, 6.45) is 0. The maximum atomic E-state index is 2.31. The second-order valence-electron chi connectivity index (χ2n) is 6.64. The number of fused-ring (bicyclic) bond motifs is 7. The molecule has 0 aromatic heterocycles. The Morgan fingerprint density at radius 2 is 0.667 bits per heavy atom. The first kappa shape index (κ1) is 30.4. The molecule has 5 rings (SSSR count). The van der Waals surface area contributed by atoms with Crippen LogP contribution in [0.4, 0.5) is 0 Å². The fourth-order valence-corrected chi connectivity index (χ4v) is 4.75. The third kappa shape index (κ3) is 5.01. The van der Waals surface area contributed by atoms with Gasteiger partial charge in [-0.1, -0.05) is 148 Å². The lowest BCUT2D eigenvalue weighted by Gasteiger charge is -2.31. The molecule has 2 aliphatic rings. The highest BCUT2D eigenvalue weighted by molar-refractivity contribution is 5.93. The second-order valence-corrected chi connectivity index (χ2v) is 6.64. The van der Waals surface area contributed by atoms with Crippen LogP contribution in [0.2, 0.25) is 0 Å². The van der Waals surface area contributed by atoms with Crippen molar-refractivity contribution in [1.29, 1.82) is 0 Å². The van der Waals surface area contributed by atoms with E-state index in [4.69, 9.17) is 0 Å². The summed E-state index contributed by atoms with van der Waals surface area (Å²) >= 11 is 0. The molecule has 180 valence electrons. The molecule has 2 aliphatic carbocycles. The Labute approximate surface area is 205 Å². The highest BCUT2D eigenvalue weighted by Crippen LogP contribution is 2.61. The molecule has 0 fully saturated rings. The van der Waals surface area contributed by atoms with Gasteiger partial charge in [0, 0.05) is 0 Å². The van der Waals surface area contributed by atoms with E-state index in [9.17, 15) is 0 Å². The van der Waals surface area contributed by atoms with Gasteiger partial charge < -0.3 is 0 Å². The number of allylic oxidation sites excluding steroid dienone is 2. The third-order valence-electron chi connectivity index (χ3n) is 5.81. The molecule has 0 heteroatoms. The van der Waals surface area contributed by atoms with E-state index in [1.807, 2.05) is 69.2 Å². The van der Waals surface area contributed by atoms with Gasteiger partial charge in [-0.25, -0.2) is 0 Å². The summed E-state index contributed by atoms with van der Waals surface area (Å²) in [6, 6.07) is 26.7. The normalized spacial score (nSPS) is 12.4. The average molecular weight is 445 g/mol. The summed E-state index contributed by atoms with van der Waals surface area (Å²) in [5, 5.41) is 0. The van der Waals surface area contributed by atoms with Gasteiger partial charge in [-0.3, -0.25) is 0 Å². The Morgan fingerprint density at radius 3 is 1.03 bits per heavy atom. The van der Waals surface area contributed by atoms with E-state index in [-0.39, 0.29) is 5.41 Å². The lowest BCUT2D eigenvalue weighted by molar-refractivity contribution is 0.766. The third-order valence-corrected chi connectivity index (χ3v) is 5.81. The number of hydrogen-bond acceptors (Lipinski definition) is 0. The van der Waals surface area contributed by atoms with Gasteiger partial charge >= 0.3 is 0 Å². The molecule has 0 heterocycles. The molecule has 0 nitrogen and oxygen atoms in total. The van der Waals surface area contributed by atoms with Gasteiger partial charge in [0.05, 0.1) is 5.41 Å². The second kappa shape index (κ2) is 15.3. The van der Waals surface area contributed by atoms with Crippen molar-refractivity contribution < 1.29 is 0 Å². The largest absolute Gasteiger partial charge is 0.0683 e. The molecule has 3 aromatic rings. The maximum Gasteiger partial charge on any atom is 0.0682 e. The van der Waals surface area contributed by atoms with Gasteiger partial charge in [0.1, 0.15) is 0 Å². The molecule has 0 amide bonds. The van der Waals surface area contributed by atoms with E-state index in [0.717, 1.165) is 0 Å². The molecular weight excluding hydrogens is 396 g/mol. The number of rotatable bonds is 0. The maximum absolute atomic E-state index is 2.31. The van der Waals surface area contributed by atoms with Crippen LogP contribution in [0.15, 0.2) is 78.4 Å². The lowest BCUT2D eigenvalue weighted by Crippen LogP contribution is -2.26. The molecule has 33 heavy (non-hydrogen) atoms. The van der Waals surface area contributed by atoms with Crippen LogP contribution in [-0.4, -0.2) is 0 Å². The number of benzene rings is 3. The van der Waals surface area contributed by atoms with Crippen LogP contribution in [0.25, 0.3) is 16.7 Å². The van der Waals surface area contributed by atoms with Crippen LogP contribution >= 0.6 is 0 Å². The molecule has 0 radical (unpaired) electrons. The monoisotopic (exact) mass is 444 g/mol. The summed E-state index contributed by atoms with van der Waals surface area (Å²) in [4.78, 5) is 0. The van der Waals surface area contributed by atoms with Crippen LogP contribution in [-0.2, 0) is 5.41 Å². The Bertz CT molecular complexity index is 943. The molecule has 0 atom stereocenters. The van der Waals surface area contributed by atoms with Crippen LogP contribution in [0.3, 0.4) is 0 Å². The number of hydrogen-bond donors (Lipinski definition) is 0. The SMILES string of the molecule is CC.CC.CC.CC.CC.CC1=C(C)C2(c3ccccc31)c1ccccc1-c1ccccc12. The first-order valence-corrected chi connectivity index (χ1v) is 13.2. The summed E-state index contributed by atoms with van der Waals surface area (Å²) in [5.74, 6) is 0. The molecule has 0 saturated carbocycles. The van der Waals surface area contributed by atoms with Gasteiger partial charge in [0.25, 0.3) is 0 Å². The lowest BCUT2D eigenvalue weighted by atomic mass is 9.70. The summed E-state index contributed by atoms with van der Waals surface area (Å²) in [7, 11) is 0. The van der Waals surface area contributed by atoms with Gasteiger partial charge in [-0.2, -0.15) is 0 Å². The van der Waals surface area contributed by atoms with E-state index in [1.165, 1.54) is 44.5 Å². The minimum atomic E-state index is -0.103. The zero-order valence-corrected chi connectivity index (χ0v) is 23.4. The molecule has 1 spiro atoms. The zero-order chi connectivity index (χ0) is 25.6.